The van der Waals surface area contributed by atoms with Crippen molar-refractivity contribution in [2.75, 3.05) is 62.2 Å². The van der Waals surface area contributed by atoms with Crippen molar-refractivity contribution in [3.05, 3.63) is 79.3 Å². The zero-order chi connectivity index (χ0) is 32.5. The number of methoxy groups -OCH3 is 1. The van der Waals surface area contributed by atoms with Crippen molar-refractivity contribution in [1.82, 2.24) is 24.6 Å². The van der Waals surface area contributed by atoms with E-state index in [0.29, 0.717) is 29.4 Å². The van der Waals surface area contributed by atoms with E-state index in [-0.39, 0.29) is 29.3 Å². The smallest absolute Gasteiger partial charge is 0.343 e. The zero-order valence-electron chi connectivity index (χ0n) is 26.4. The lowest BCUT2D eigenvalue weighted by molar-refractivity contribution is -0.111. The summed E-state index contributed by atoms with van der Waals surface area (Å²) in [6.45, 7) is 8.62. The predicted molar refractivity (Wildman–Crippen MR) is 176 cm³/mol. The van der Waals surface area contributed by atoms with Crippen LogP contribution in [0.1, 0.15) is 24.2 Å². The van der Waals surface area contributed by atoms with Crippen LogP contribution in [0, 0.1) is 0 Å². The monoisotopic (exact) mass is 613 g/mol. The van der Waals surface area contributed by atoms with Gasteiger partial charge in [0.25, 0.3) is 0 Å². The van der Waals surface area contributed by atoms with Gasteiger partial charge in [0.2, 0.25) is 11.9 Å². The van der Waals surface area contributed by atoms with Crippen LogP contribution in [-0.2, 0) is 9.53 Å². The third kappa shape index (κ3) is 8.36. The maximum absolute atomic E-state index is 13.1. The highest BCUT2D eigenvalue weighted by Crippen LogP contribution is 2.38. The van der Waals surface area contributed by atoms with Gasteiger partial charge in [-0.1, -0.05) is 18.7 Å². The Morgan fingerprint density at radius 1 is 1.04 bits per heavy atom. The van der Waals surface area contributed by atoms with Gasteiger partial charge in [-0.05, 0) is 58.3 Å². The molecule has 0 unspecified atom stereocenters. The Morgan fingerprint density at radius 3 is 2.49 bits per heavy atom. The van der Waals surface area contributed by atoms with Gasteiger partial charge in [-0.25, -0.2) is 14.5 Å². The number of para-hydroxylation sites is 2. The van der Waals surface area contributed by atoms with Crippen LogP contribution < -0.4 is 25.6 Å². The predicted octanol–water partition coefficient (Wildman–Crippen LogP) is 4.85. The average Bonchev–Trinajstić information content (AvgIpc) is 3.55. The number of hydrogen-bond acceptors (Lipinski definition) is 11. The summed E-state index contributed by atoms with van der Waals surface area (Å²) in [5, 5.41) is 13.7. The number of anilines is 6. The first kappa shape index (κ1) is 32.5. The summed E-state index contributed by atoms with van der Waals surface area (Å²) in [5.74, 6) is -0.0587. The van der Waals surface area contributed by atoms with E-state index in [0.717, 1.165) is 17.9 Å². The van der Waals surface area contributed by atoms with E-state index < -0.39 is 5.97 Å². The average molecular weight is 614 g/mol. The van der Waals surface area contributed by atoms with Crippen LogP contribution >= 0.6 is 0 Å². The van der Waals surface area contributed by atoms with Gasteiger partial charge in [-0.15, -0.1) is 0 Å². The number of aromatic nitrogens is 4. The Kier molecular flexibility index (Phi) is 10.7. The molecule has 2 aromatic carbocycles. The summed E-state index contributed by atoms with van der Waals surface area (Å²) in [5.41, 5.74) is 3.32. The number of rotatable bonds is 14. The molecular formula is C32H39N9O4. The topological polar surface area (TPSA) is 139 Å². The fourth-order valence-corrected chi connectivity index (χ4v) is 4.31. The van der Waals surface area contributed by atoms with Crippen molar-refractivity contribution in [3.8, 4) is 11.4 Å². The number of carbonyl (C=O) groups is 2. The molecule has 4 rings (SSSR count). The van der Waals surface area contributed by atoms with E-state index >= 15 is 0 Å². The van der Waals surface area contributed by atoms with Crippen LogP contribution in [0.15, 0.2) is 73.7 Å². The zero-order valence-corrected chi connectivity index (χ0v) is 26.4. The van der Waals surface area contributed by atoms with Gasteiger partial charge in [0.15, 0.2) is 5.82 Å². The molecule has 0 aliphatic carbocycles. The number of amides is 1. The maximum Gasteiger partial charge on any atom is 0.343 e. The Morgan fingerprint density at radius 2 is 1.82 bits per heavy atom. The molecule has 0 fully saturated rings. The number of hydrogen-bond donors (Lipinski definition) is 3. The third-order valence-electron chi connectivity index (χ3n) is 6.56. The van der Waals surface area contributed by atoms with E-state index in [2.05, 4.69) is 42.5 Å². The maximum atomic E-state index is 13.1. The highest BCUT2D eigenvalue weighted by molar-refractivity contribution is 6.02. The number of nitrogens with one attached hydrogen (secondary N) is 3. The molecule has 1 amide bonds. The first-order chi connectivity index (χ1) is 21.6. The molecule has 13 nitrogen and oxygen atoms in total. The first-order valence-electron chi connectivity index (χ1n) is 14.3. The molecule has 236 valence electrons. The summed E-state index contributed by atoms with van der Waals surface area (Å²) in [6.07, 6.45) is 5.76. The molecule has 2 aromatic heterocycles. The molecule has 0 atom stereocenters. The lowest BCUT2D eigenvalue weighted by Crippen LogP contribution is -2.29. The molecule has 2 heterocycles. The second-order valence-electron chi connectivity index (χ2n) is 10.6. The van der Waals surface area contributed by atoms with E-state index in [1.165, 1.54) is 12.3 Å². The van der Waals surface area contributed by atoms with Crippen molar-refractivity contribution in [1.29, 1.82) is 0 Å². The number of nitrogens with zero attached hydrogens (tertiary/aromatic N) is 6. The number of benzene rings is 2. The molecule has 0 radical (unpaired) electrons. The van der Waals surface area contributed by atoms with E-state index in [9.17, 15) is 9.59 Å². The van der Waals surface area contributed by atoms with Crippen LogP contribution in [0.25, 0.3) is 5.69 Å². The van der Waals surface area contributed by atoms with Crippen molar-refractivity contribution in [2.24, 2.45) is 0 Å². The number of esters is 1. The molecular weight excluding hydrogens is 574 g/mol. The molecule has 4 aromatic rings. The molecule has 0 aliphatic heterocycles. The highest BCUT2D eigenvalue weighted by atomic mass is 16.5. The van der Waals surface area contributed by atoms with Crippen molar-refractivity contribution in [3.63, 3.8) is 0 Å². The molecule has 0 spiro atoms. The van der Waals surface area contributed by atoms with Crippen LogP contribution in [0.3, 0.4) is 0 Å². The van der Waals surface area contributed by atoms with E-state index in [1.807, 2.05) is 68.6 Å². The lowest BCUT2D eigenvalue weighted by atomic mass is 10.2. The fraction of sp³-hybridized carbons (Fsp3) is 0.281. The molecule has 13 heteroatoms. The van der Waals surface area contributed by atoms with E-state index in [4.69, 9.17) is 9.47 Å². The van der Waals surface area contributed by atoms with Crippen molar-refractivity contribution < 1.29 is 19.1 Å². The van der Waals surface area contributed by atoms with Gasteiger partial charge >= 0.3 is 5.97 Å². The molecule has 45 heavy (non-hydrogen) atoms. The standard InChI is InChI=1S/C32H39N9O4/c1-8-29(42)35-24-18-25(28(44-7)19-27(24)40(6)17-16-39(4)5)37-32-33-20-22(31(43)45-21(2)3)30(38-32)36-23-12-9-10-13-26(23)41-15-11-14-34-41/h8-15,18-21H,1,16-17H2,2-7H3,(H,35,42)(H2,33,36,37,38). The van der Waals surface area contributed by atoms with Crippen LogP contribution in [0.5, 0.6) is 5.75 Å². The van der Waals surface area contributed by atoms with Gasteiger partial charge in [-0.2, -0.15) is 10.1 Å². The van der Waals surface area contributed by atoms with Gasteiger partial charge in [0.1, 0.15) is 11.3 Å². The molecule has 0 aliphatic rings. The molecule has 0 bridgehead atoms. The van der Waals surface area contributed by atoms with Gasteiger partial charge in [0.05, 0.1) is 41.7 Å². The number of carbonyl (C=O) groups excluding carboxylic acids is 2. The first-order valence-corrected chi connectivity index (χ1v) is 14.3. The SMILES string of the molecule is C=CC(=O)Nc1cc(Nc2ncc(C(=O)OC(C)C)c(Nc3ccccc3-n3cccn3)n2)c(OC)cc1N(C)CCN(C)C. The lowest BCUT2D eigenvalue weighted by Gasteiger charge is -2.26. The minimum Gasteiger partial charge on any atom is -0.494 e. The summed E-state index contributed by atoms with van der Waals surface area (Å²) in [6, 6.07) is 12.9. The second-order valence-corrected chi connectivity index (χ2v) is 10.6. The molecule has 0 saturated carbocycles. The minimum atomic E-state index is -0.576. The Labute approximate surface area is 262 Å². The van der Waals surface area contributed by atoms with Crippen LogP contribution in [0.4, 0.5) is 34.5 Å². The Balaban J connectivity index is 1.75. The largest absolute Gasteiger partial charge is 0.494 e. The van der Waals surface area contributed by atoms with Crippen LogP contribution in [0.2, 0.25) is 0 Å². The highest BCUT2D eigenvalue weighted by Gasteiger charge is 2.21. The van der Waals surface area contributed by atoms with Gasteiger partial charge in [-0.3, -0.25) is 4.79 Å². The summed E-state index contributed by atoms with van der Waals surface area (Å²) >= 11 is 0. The van der Waals surface area contributed by atoms with Crippen molar-refractivity contribution in [2.45, 2.75) is 20.0 Å². The van der Waals surface area contributed by atoms with E-state index in [1.54, 1.807) is 37.9 Å². The minimum absolute atomic E-state index is 0.147. The van der Waals surface area contributed by atoms with Gasteiger partial charge in [0, 0.05) is 44.8 Å². The van der Waals surface area contributed by atoms with Crippen molar-refractivity contribution >= 4 is 46.4 Å². The Bertz CT molecular complexity index is 1640. The number of likely N-dealkylation sites (N-methyl/N-ethyl adjacent to an activating group) is 2. The summed E-state index contributed by atoms with van der Waals surface area (Å²) in [4.78, 5) is 38.6. The van der Waals surface area contributed by atoms with Crippen LogP contribution in [-0.4, -0.2) is 84.0 Å². The fourth-order valence-electron chi connectivity index (χ4n) is 4.31. The van der Waals surface area contributed by atoms with Gasteiger partial charge < -0.3 is 35.2 Å². The number of ether oxygens (including phenoxy) is 2. The Hall–Kier alpha value is -5.43. The molecule has 3 N–H and O–H groups in total. The normalized spacial score (nSPS) is 10.8. The third-order valence-corrected chi connectivity index (χ3v) is 6.56. The molecule has 0 saturated heterocycles. The summed E-state index contributed by atoms with van der Waals surface area (Å²) < 4.78 is 12.9. The summed E-state index contributed by atoms with van der Waals surface area (Å²) in [7, 11) is 7.48. The second kappa shape index (κ2) is 14.8. The quantitative estimate of drug-likeness (QED) is 0.133.